The normalized spacial score (nSPS) is 16.9. The Balaban J connectivity index is 1.54. The van der Waals surface area contributed by atoms with Crippen LogP contribution >= 0.6 is 0 Å². The average molecular weight is 617 g/mol. The molecule has 0 N–H and O–H groups in total. The van der Waals surface area contributed by atoms with Gasteiger partial charge in [0.25, 0.3) is 0 Å². The Morgan fingerprint density at radius 2 is 1.64 bits per heavy atom. The number of rotatable bonds is 10. The SMILES string of the molecule is Cc1nc(C)c(C(OC(C)(C)C)C(=O)OC(C)C)c(N2CCC3(CCCC3)C2)c1-c1ccc(OCCc2ccc(F)cc2)cc1. The predicted molar refractivity (Wildman–Crippen MR) is 177 cm³/mol. The molecule has 0 radical (unpaired) electrons. The van der Waals surface area contributed by atoms with Gasteiger partial charge in [0.1, 0.15) is 11.6 Å². The molecule has 45 heavy (non-hydrogen) atoms. The van der Waals surface area contributed by atoms with E-state index >= 15 is 0 Å². The molecule has 2 fully saturated rings. The zero-order valence-corrected chi connectivity index (χ0v) is 28.0. The summed E-state index contributed by atoms with van der Waals surface area (Å²) in [5, 5.41) is 0. The molecule has 2 heterocycles. The summed E-state index contributed by atoms with van der Waals surface area (Å²) in [6.07, 6.45) is 5.71. The van der Waals surface area contributed by atoms with E-state index in [2.05, 4.69) is 24.0 Å². The highest BCUT2D eigenvalue weighted by atomic mass is 19.1. The van der Waals surface area contributed by atoms with E-state index in [9.17, 15) is 9.18 Å². The number of hydrogen-bond donors (Lipinski definition) is 0. The van der Waals surface area contributed by atoms with Crippen molar-refractivity contribution in [1.29, 1.82) is 0 Å². The van der Waals surface area contributed by atoms with Crippen LogP contribution < -0.4 is 9.64 Å². The first-order chi connectivity index (χ1) is 21.3. The molecule has 0 bridgehead atoms. The van der Waals surface area contributed by atoms with Gasteiger partial charge in [-0.3, -0.25) is 4.98 Å². The first kappa shape index (κ1) is 32.9. The molecule has 1 unspecified atom stereocenters. The molecular weight excluding hydrogens is 567 g/mol. The van der Waals surface area contributed by atoms with E-state index in [0.29, 0.717) is 18.4 Å². The third kappa shape index (κ3) is 7.86. The zero-order chi connectivity index (χ0) is 32.4. The van der Waals surface area contributed by atoms with Gasteiger partial charge in [-0.1, -0.05) is 37.1 Å². The molecule has 3 aromatic rings. The Hall–Kier alpha value is -3.45. The molecule has 2 aromatic carbocycles. The number of hydrogen-bond acceptors (Lipinski definition) is 6. The molecule has 1 saturated heterocycles. The van der Waals surface area contributed by atoms with Gasteiger partial charge in [0.15, 0.2) is 6.10 Å². The molecular formula is C38H49FN2O4. The lowest BCUT2D eigenvalue weighted by Crippen LogP contribution is -2.33. The van der Waals surface area contributed by atoms with Gasteiger partial charge in [-0.2, -0.15) is 0 Å². The lowest BCUT2D eigenvalue weighted by molar-refractivity contribution is -0.171. The van der Waals surface area contributed by atoms with Gasteiger partial charge in [0.2, 0.25) is 0 Å². The third-order valence-corrected chi connectivity index (χ3v) is 9.01. The van der Waals surface area contributed by atoms with Crippen LogP contribution in [-0.4, -0.2) is 42.4 Å². The van der Waals surface area contributed by atoms with Gasteiger partial charge < -0.3 is 19.1 Å². The number of halogens is 1. The van der Waals surface area contributed by atoms with Crippen LogP contribution in [0.25, 0.3) is 11.1 Å². The van der Waals surface area contributed by atoms with Crippen LogP contribution in [0.5, 0.6) is 5.75 Å². The number of aryl methyl sites for hydroxylation is 2. The molecule has 5 rings (SSSR count). The highest BCUT2D eigenvalue weighted by Crippen LogP contribution is 2.50. The minimum Gasteiger partial charge on any atom is -0.493 e. The fourth-order valence-electron chi connectivity index (χ4n) is 7.02. The van der Waals surface area contributed by atoms with E-state index in [1.807, 2.05) is 53.7 Å². The fourth-order valence-corrected chi connectivity index (χ4v) is 7.02. The standard InChI is InChI=1S/C38H49FN2O4/c1-25(2)44-36(42)35(45-37(5,6)7)33-27(4)40-26(3)32(34(33)41-22-21-38(24-41)19-8-9-20-38)29-12-16-31(17-13-29)43-23-18-28-10-14-30(39)15-11-28/h10-17,25,35H,8-9,18-24H2,1-7H3. The highest BCUT2D eigenvalue weighted by Gasteiger charge is 2.43. The molecule has 1 atom stereocenters. The van der Waals surface area contributed by atoms with Crippen LogP contribution in [0.4, 0.5) is 10.1 Å². The van der Waals surface area contributed by atoms with Crippen molar-refractivity contribution in [2.45, 2.75) is 105 Å². The molecule has 7 heteroatoms. The number of carbonyl (C=O) groups is 1. The maximum Gasteiger partial charge on any atom is 0.340 e. The number of benzene rings is 2. The van der Waals surface area contributed by atoms with Crippen molar-refractivity contribution in [3.05, 3.63) is 76.9 Å². The first-order valence-electron chi connectivity index (χ1n) is 16.5. The molecule has 242 valence electrons. The van der Waals surface area contributed by atoms with Crippen molar-refractivity contribution in [3.8, 4) is 16.9 Å². The van der Waals surface area contributed by atoms with Crippen molar-refractivity contribution in [3.63, 3.8) is 0 Å². The van der Waals surface area contributed by atoms with E-state index in [4.69, 9.17) is 19.2 Å². The van der Waals surface area contributed by atoms with Gasteiger partial charge >= 0.3 is 5.97 Å². The van der Waals surface area contributed by atoms with Gasteiger partial charge in [0.05, 0.1) is 24.0 Å². The largest absolute Gasteiger partial charge is 0.493 e. The molecule has 1 saturated carbocycles. The summed E-state index contributed by atoms with van der Waals surface area (Å²) >= 11 is 0. The zero-order valence-electron chi connectivity index (χ0n) is 28.0. The van der Waals surface area contributed by atoms with Crippen LogP contribution in [-0.2, 0) is 20.7 Å². The Bertz CT molecular complexity index is 1470. The molecule has 1 aliphatic carbocycles. The summed E-state index contributed by atoms with van der Waals surface area (Å²) in [5.74, 6) is 0.139. The summed E-state index contributed by atoms with van der Waals surface area (Å²) in [6, 6.07) is 14.7. The third-order valence-electron chi connectivity index (χ3n) is 9.01. The minimum absolute atomic E-state index is 0.237. The summed E-state index contributed by atoms with van der Waals surface area (Å²) in [7, 11) is 0. The van der Waals surface area contributed by atoms with E-state index in [-0.39, 0.29) is 17.9 Å². The van der Waals surface area contributed by atoms with Crippen molar-refractivity contribution in [2.75, 3.05) is 24.6 Å². The van der Waals surface area contributed by atoms with E-state index in [1.165, 1.54) is 37.8 Å². The molecule has 1 aliphatic heterocycles. The Morgan fingerprint density at radius 1 is 0.978 bits per heavy atom. The smallest absolute Gasteiger partial charge is 0.340 e. The lowest BCUT2D eigenvalue weighted by atomic mass is 9.85. The Morgan fingerprint density at radius 3 is 2.27 bits per heavy atom. The Kier molecular flexibility index (Phi) is 9.88. The number of nitrogens with zero attached hydrogens (tertiary/aromatic N) is 2. The van der Waals surface area contributed by atoms with Gasteiger partial charge in [0, 0.05) is 42.0 Å². The number of carbonyl (C=O) groups excluding carboxylic acids is 1. The number of esters is 1. The number of pyridine rings is 1. The summed E-state index contributed by atoms with van der Waals surface area (Å²) in [6.45, 7) is 16.1. The van der Waals surface area contributed by atoms with Gasteiger partial charge in [-0.25, -0.2) is 9.18 Å². The van der Waals surface area contributed by atoms with E-state index in [0.717, 1.165) is 64.6 Å². The predicted octanol–water partition coefficient (Wildman–Crippen LogP) is 8.70. The summed E-state index contributed by atoms with van der Waals surface area (Å²) in [5.41, 5.74) is 6.32. The summed E-state index contributed by atoms with van der Waals surface area (Å²) in [4.78, 5) is 21.3. The maximum atomic E-state index is 13.8. The van der Waals surface area contributed by atoms with Crippen molar-refractivity contribution in [1.82, 2.24) is 4.98 Å². The van der Waals surface area contributed by atoms with Crippen LogP contribution in [0, 0.1) is 25.1 Å². The monoisotopic (exact) mass is 616 g/mol. The van der Waals surface area contributed by atoms with Gasteiger partial charge in [-0.05, 0) is 109 Å². The second kappa shape index (κ2) is 13.5. The second-order valence-electron chi connectivity index (χ2n) is 14.1. The molecule has 0 amide bonds. The molecule has 1 aromatic heterocycles. The van der Waals surface area contributed by atoms with Crippen molar-refractivity contribution < 1.29 is 23.4 Å². The van der Waals surface area contributed by atoms with Crippen LogP contribution in [0.1, 0.15) is 95.3 Å². The van der Waals surface area contributed by atoms with Crippen molar-refractivity contribution in [2.24, 2.45) is 5.41 Å². The Labute approximate surface area is 268 Å². The quantitative estimate of drug-likeness (QED) is 0.212. The topological polar surface area (TPSA) is 60.9 Å². The highest BCUT2D eigenvalue weighted by molar-refractivity contribution is 5.88. The van der Waals surface area contributed by atoms with Crippen molar-refractivity contribution >= 4 is 11.7 Å². The van der Waals surface area contributed by atoms with E-state index < -0.39 is 11.7 Å². The van der Waals surface area contributed by atoms with Crippen LogP contribution in [0.15, 0.2) is 48.5 Å². The molecule has 2 aliphatic rings. The van der Waals surface area contributed by atoms with Crippen LogP contribution in [0.2, 0.25) is 0 Å². The first-order valence-corrected chi connectivity index (χ1v) is 16.5. The maximum absolute atomic E-state index is 13.8. The second-order valence-corrected chi connectivity index (χ2v) is 14.1. The van der Waals surface area contributed by atoms with Crippen LogP contribution in [0.3, 0.4) is 0 Å². The number of aromatic nitrogens is 1. The molecule has 1 spiro atoms. The number of ether oxygens (including phenoxy) is 3. The summed E-state index contributed by atoms with van der Waals surface area (Å²) < 4.78 is 31.7. The van der Waals surface area contributed by atoms with E-state index in [1.54, 1.807) is 12.1 Å². The molecule has 6 nitrogen and oxygen atoms in total. The van der Waals surface area contributed by atoms with Gasteiger partial charge in [-0.15, -0.1) is 0 Å². The lowest BCUT2D eigenvalue weighted by Gasteiger charge is -2.34. The average Bonchev–Trinajstić information content (AvgIpc) is 3.61. The number of anilines is 1. The fraction of sp³-hybridized carbons (Fsp3) is 0.526. The minimum atomic E-state index is -0.913.